The average Bonchev–Trinajstić information content (AvgIpc) is 2.93. The van der Waals surface area contributed by atoms with Gasteiger partial charge in [0.1, 0.15) is 0 Å². The van der Waals surface area contributed by atoms with E-state index in [4.69, 9.17) is 0 Å². The lowest BCUT2D eigenvalue weighted by molar-refractivity contribution is 0.438. The lowest BCUT2D eigenvalue weighted by atomic mass is 9.97. The smallest absolute Gasteiger partial charge is 0.0193 e. The molecule has 0 saturated carbocycles. The average molecular weight is 517 g/mol. The largest absolute Gasteiger partial charge is 0.100 e. The summed E-state index contributed by atoms with van der Waals surface area (Å²) in [5, 5.41) is 0. The molecule has 220 valence electrons. The van der Waals surface area contributed by atoms with Crippen LogP contribution in [0.3, 0.4) is 0 Å². The first-order valence-electron chi connectivity index (χ1n) is 14.6. The van der Waals surface area contributed by atoms with Gasteiger partial charge in [-0.25, -0.2) is 0 Å². The molecule has 0 aliphatic heterocycles. The number of benzene rings is 2. The molecular formula is C37H72. The van der Waals surface area contributed by atoms with Crippen molar-refractivity contribution in [1.82, 2.24) is 0 Å². The van der Waals surface area contributed by atoms with Crippen LogP contribution in [0.5, 0.6) is 0 Å². The van der Waals surface area contributed by atoms with Gasteiger partial charge in [-0.05, 0) is 44.1 Å². The van der Waals surface area contributed by atoms with Gasteiger partial charge in [-0.1, -0.05) is 188 Å². The van der Waals surface area contributed by atoms with Crippen LogP contribution in [0.1, 0.15) is 153 Å². The van der Waals surface area contributed by atoms with Crippen LogP contribution < -0.4 is 0 Å². The lowest BCUT2D eigenvalue weighted by Crippen LogP contribution is -1.95. The molecule has 0 nitrogen and oxygen atoms in total. The van der Waals surface area contributed by atoms with Gasteiger partial charge in [0.2, 0.25) is 0 Å². The van der Waals surface area contributed by atoms with Crippen LogP contribution >= 0.6 is 0 Å². The molecule has 0 aromatic heterocycles. The standard InChI is InChI=1S/C10H14.C9H20.C7H8.C5H10.2C2H6.2CH4/c1-3-9(2)10-7-5-4-6-8-10;1-4-7-8-9(5-2)6-3;1-7-5-3-2-4-6-7;1-4-5(2)3;2*1-2;;/h4-9H,3H2,1-2H3;9H,4-8H2,1-3H3;2-6H,1H3;2,4H2,1,3H3;2*1-2H3;2*1H4. The summed E-state index contributed by atoms with van der Waals surface area (Å²) in [6.07, 6.45) is 9.31. The Kier molecular flexibility index (Phi) is 53.9. The van der Waals surface area contributed by atoms with Crippen LogP contribution in [0, 0.1) is 12.8 Å². The van der Waals surface area contributed by atoms with Crippen molar-refractivity contribution in [2.75, 3.05) is 0 Å². The Bertz CT molecular complexity index is 592. The summed E-state index contributed by atoms with van der Waals surface area (Å²) in [6, 6.07) is 20.9. The molecule has 0 aliphatic carbocycles. The number of rotatable bonds is 8. The minimum absolute atomic E-state index is 0. The molecule has 2 aromatic carbocycles. The molecule has 0 heteroatoms. The van der Waals surface area contributed by atoms with Crippen molar-refractivity contribution in [2.24, 2.45) is 5.92 Å². The van der Waals surface area contributed by atoms with Crippen molar-refractivity contribution in [3.05, 3.63) is 83.9 Å². The zero-order valence-corrected chi connectivity index (χ0v) is 26.1. The molecule has 37 heavy (non-hydrogen) atoms. The Morgan fingerprint density at radius 2 is 1.08 bits per heavy atom. The van der Waals surface area contributed by atoms with Gasteiger partial charge in [-0.2, -0.15) is 0 Å². The second-order valence-electron chi connectivity index (χ2n) is 8.51. The zero-order chi connectivity index (χ0) is 27.9. The fourth-order valence-corrected chi connectivity index (χ4v) is 2.74. The molecular weight excluding hydrogens is 444 g/mol. The molecule has 0 N–H and O–H groups in total. The molecule has 0 heterocycles. The van der Waals surface area contributed by atoms with Gasteiger partial charge in [0, 0.05) is 0 Å². The van der Waals surface area contributed by atoms with Gasteiger partial charge in [0.25, 0.3) is 0 Å². The number of allylic oxidation sites excluding steroid dienone is 1. The highest BCUT2D eigenvalue weighted by Crippen LogP contribution is 2.17. The Balaban J connectivity index is -0.0000000830. The van der Waals surface area contributed by atoms with Crippen LogP contribution in [0.2, 0.25) is 0 Å². The van der Waals surface area contributed by atoms with Gasteiger partial charge in [-0.3, -0.25) is 0 Å². The maximum absolute atomic E-state index is 3.67. The van der Waals surface area contributed by atoms with Crippen molar-refractivity contribution in [3.63, 3.8) is 0 Å². The summed E-state index contributed by atoms with van der Waals surface area (Å²) in [6.45, 7) is 29.2. The first-order valence-corrected chi connectivity index (χ1v) is 14.6. The molecule has 0 aliphatic rings. The number of aryl methyl sites for hydroxylation is 1. The van der Waals surface area contributed by atoms with E-state index in [-0.39, 0.29) is 14.9 Å². The minimum atomic E-state index is 0. The fourth-order valence-electron chi connectivity index (χ4n) is 2.74. The molecule has 0 saturated heterocycles. The van der Waals surface area contributed by atoms with E-state index in [0.29, 0.717) is 5.92 Å². The SMILES string of the molecule is C.C.C=C(C)CC.CC.CC.CCC(C)c1ccccc1.CCCCC(CC)CC.Cc1ccccc1. The molecule has 0 amide bonds. The number of unbranched alkanes of at least 4 members (excludes halogenated alkanes) is 1. The van der Waals surface area contributed by atoms with Gasteiger partial charge in [-0.15, -0.1) is 6.58 Å². The van der Waals surface area contributed by atoms with E-state index in [1.165, 1.54) is 55.2 Å². The monoisotopic (exact) mass is 517 g/mol. The Morgan fingerprint density at radius 3 is 1.32 bits per heavy atom. The molecule has 1 atom stereocenters. The molecule has 2 rings (SSSR count). The summed E-state index contributed by atoms with van der Waals surface area (Å²) in [5.41, 5.74) is 4.03. The van der Waals surface area contributed by atoms with Gasteiger partial charge >= 0.3 is 0 Å². The van der Waals surface area contributed by atoms with Crippen molar-refractivity contribution < 1.29 is 0 Å². The lowest BCUT2D eigenvalue weighted by Gasteiger charge is -2.09. The molecule has 2 aromatic rings. The Hall–Kier alpha value is -1.82. The summed E-state index contributed by atoms with van der Waals surface area (Å²) in [7, 11) is 0. The van der Waals surface area contributed by atoms with Crippen molar-refractivity contribution in [2.45, 2.75) is 149 Å². The third-order valence-corrected chi connectivity index (χ3v) is 5.65. The Morgan fingerprint density at radius 1 is 0.703 bits per heavy atom. The van der Waals surface area contributed by atoms with E-state index in [2.05, 4.69) is 97.5 Å². The summed E-state index contributed by atoms with van der Waals surface area (Å²) >= 11 is 0. The van der Waals surface area contributed by atoms with Crippen LogP contribution in [0.15, 0.2) is 72.8 Å². The third-order valence-electron chi connectivity index (χ3n) is 5.65. The van der Waals surface area contributed by atoms with E-state index in [1.807, 2.05) is 52.8 Å². The van der Waals surface area contributed by atoms with Crippen LogP contribution in [-0.2, 0) is 0 Å². The topological polar surface area (TPSA) is 0 Å². The number of hydrogen-bond acceptors (Lipinski definition) is 0. The summed E-state index contributed by atoms with van der Waals surface area (Å²) < 4.78 is 0. The molecule has 0 fully saturated rings. The maximum atomic E-state index is 3.67. The van der Waals surface area contributed by atoms with E-state index in [9.17, 15) is 0 Å². The highest BCUT2D eigenvalue weighted by atomic mass is 14.1. The molecule has 0 spiro atoms. The van der Waals surface area contributed by atoms with E-state index >= 15 is 0 Å². The zero-order valence-electron chi connectivity index (χ0n) is 26.1. The number of hydrogen-bond donors (Lipinski definition) is 0. The first kappa shape index (κ1) is 48.3. The van der Waals surface area contributed by atoms with Gasteiger partial charge in [0.05, 0.1) is 0 Å². The minimum Gasteiger partial charge on any atom is -0.100 e. The predicted octanol–water partition coefficient (Wildman–Crippen LogP) is 14.1. The second kappa shape index (κ2) is 41.3. The molecule has 0 bridgehead atoms. The van der Waals surface area contributed by atoms with Crippen molar-refractivity contribution in [1.29, 1.82) is 0 Å². The fraction of sp³-hybridized carbons (Fsp3) is 0.622. The van der Waals surface area contributed by atoms with Crippen molar-refractivity contribution in [3.8, 4) is 0 Å². The molecule has 0 radical (unpaired) electrons. The van der Waals surface area contributed by atoms with Crippen LogP contribution in [0.4, 0.5) is 0 Å². The van der Waals surface area contributed by atoms with E-state index in [1.54, 1.807) is 0 Å². The third kappa shape index (κ3) is 38.9. The van der Waals surface area contributed by atoms with Crippen LogP contribution in [0.25, 0.3) is 0 Å². The second-order valence-corrected chi connectivity index (χ2v) is 8.51. The predicted molar refractivity (Wildman–Crippen MR) is 181 cm³/mol. The van der Waals surface area contributed by atoms with E-state index in [0.717, 1.165) is 12.3 Å². The normalized spacial score (nSPS) is 9.11. The Labute approximate surface area is 238 Å². The summed E-state index contributed by atoms with van der Waals surface area (Å²) in [4.78, 5) is 0. The van der Waals surface area contributed by atoms with Gasteiger partial charge in [0.15, 0.2) is 0 Å². The highest BCUT2D eigenvalue weighted by Gasteiger charge is 2.00. The maximum Gasteiger partial charge on any atom is -0.0193 e. The van der Waals surface area contributed by atoms with Crippen LogP contribution in [-0.4, -0.2) is 0 Å². The van der Waals surface area contributed by atoms with Gasteiger partial charge < -0.3 is 0 Å². The highest BCUT2D eigenvalue weighted by molar-refractivity contribution is 5.18. The quantitative estimate of drug-likeness (QED) is 0.306. The van der Waals surface area contributed by atoms with Crippen molar-refractivity contribution >= 4 is 0 Å². The first-order chi connectivity index (χ1) is 16.9. The summed E-state index contributed by atoms with van der Waals surface area (Å²) in [5.74, 6) is 1.71. The molecule has 1 unspecified atom stereocenters. The van der Waals surface area contributed by atoms with E-state index < -0.39 is 0 Å².